The molecule has 0 aliphatic carbocycles. The number of nitrogens with zero attached hydrogens (tertiary/aromatic N) is 4. The molecule has 4 rings (SSSR count). The minimum Gasteiger partial charge on any atom is -0.284 e. The number of hydrogen-bond acceptors (Lipinski definition) is 3. The van der Waals surface area contributed by atoms with Crippen LogP contribution in [0.2, 0.25) is 0 Å². The van der Waals surface area contributed by atoms with Crippen molar-refractivity contribution < 1.29 is 0 Å². The lowest BCUT2D eigenvalue weighted by Crippen LogP contribution is -2.36. The first-order chi connectivity index (χ1) is 12.4. The number of hydrogen-bond donors (Lipinski definition) is 0. The third-order valence-corrected chi connectivity index (χ3v) is 5.10. The number of aromatic nitrogens is 3. The van der Waals surface area contributed by atoms with E-state index in [0.29, 0.717) is 0 Å². The topological polar surface area (TPSA) is 34.0 Å². The summed E-state index contributed by atoms with van der Waals surface area (Å²) in [4.78, 5) is 6.62. The summed E-state index contributed by atoms with van der Waals surface area (Å²) in [5, 5.41) is 4.53. The van der Waals surface area contributed by atoms with Crippen molar-refractivity contribution in [2.24, 2.45) is 5.92 Å². The fraction of sp³-hybridized carbons (Fsp3) is 0.333. The largest absolute Gasteiger partial charge is 0.284 e. The van der Waals surface area contributed by atoms with Gasteiger partial charge in [-0.3, -0.25) is 14.6 Å². The van der Waals surface area contributed by atoms with Crippen molar-refractivity contribution in [3.8, 4) is 11.3 Å². The average molecular weight is 332 g/mol. The minimum atomic E-state index is 0.802. The van der Waals surface area contributed by atoms with E-state index in [2.05, 4.69) is 56.1 Å². The van der Waals surface area contributed by atoms with Crippen LogP contribution in [0.3, 0.4) is 0 Å². The summed E-state index contributed by atoms with van der Waals surface area (Å²) in [6, 6.07) is 17.0. The Balaban J connectivity index is 1.34. The summed E-state index contributed by atoms with van der Waals surface area (Å²) in [5.74, 6) is 0.802. The summed E-state index contributed by atoms with van der Waals surface area (Å²) < 4.78 is 2.10. The standard InChI is InChI=1S/C21H24N4/c1-2-4-18(5-3-1)16-19-9-14-24(15-10-19)17-25-21(8-13-23-25)20-6-11-22-12-7-20/h1-8,11-13,19H,9-10,14-17H2. The Labute approximate surface area is 149 Å². The normalized spacial score (nSPS) is 16.2. The van der Waals surface area contributed by atoms with Crippen LogP contribution in [0.5, 0.6) is 0 Å². The SMILES string of the molecule is c1ccc(CC2CCN(Cn3nccc3-c3ccncc3)CC2)cc1. The van der Waals surface area contributed by atoms with Crippen LogP contribution < -0.4 is 0 Å². The van der Waals surface area contributed by atoms with Gasteiger partial charge in [-0.25, -0.2) is 0 Å². The summed E-state index contributed by atoms with van der Waals surface area (Å²) in [6.45, 7) is 3.16. The third-order valence-electron chi connectivity index (χ3n) is 5.10. The molecule has 1 aliphatic heterocycles. The van der Waals surface area contributed by atoms with Crippen LogP contribution in [0, 0.1) is 5.92 Å². The van der Waals surface area contributed by atoms with Gasteiger partial charge >= 0.3 is 0 Å². The highest BCUT2D eigenvalue weighted by Gasteiger charge is 2.20. The Morgan fingerprint density at radius 2 is 1.64 bits per heavy atom. The molecule has 0 N–H and O–H groups in total. The first-order valence-corrected chi connectivity index (χ1v) is 9.07. The van der Waals surface area contributed by atoms with Crippen molar-refractivity contribution in [2.75, 3.05) is 13.1 Å². The molecule has 3 aromatic rings. The Bertz CT molecular complexity index is 774. The molecule has 0 saturated carbocycles. The lowest BCUT2D eigenvalue weighted by atomic mass is 9.90. The molecule has 0 amide bonds. The quantitative estimate of drug-likeness (QED) is 0.711. The summed E-state index contributed by atoms with van der Waals surface area (Å²) >= 11 is 0. The Kier molecular flexibility index (Phi) is 4.89. The maximum Gasteiger partial charge on any atom is 0.0936 e. The van der Waals surface area contributed by atoms with E-state index in [-0.39, 0.29) is 0 Å². The van der Waals surface area contributed by atoms with E-state index in [1.165, 1.54) is 30.4 Å². The molecule has 0 atom stereocenters. The molecule has 0 spiro atoms. The second-order valence-corrected chi connectivity index (χ2v) is 6.84. The summed E-state index contributed by atoms with van der Waals surface area (Å²) in [7, 11) is 0. The summed E-state index contributed by atoms with van der Waals surface area (Å²) in [6.07, 6.45) is 9.29. The highest BCUT2D eigenvalue weighted by molar-refractivity contribution is 5.58. The van der Waals surface area contributed by atoms with Crippen LogP contribution in [-0.2, 0) is 13.1 Å². The molecule has 1 aromatic carbocycles. The van der Waals surface area contributed by atoms with Gasteiger partial charge in [-0.2, -0.15) is 5.10 Å². The van der Waals surface area contributed by atoms with E-state index >= 15 is 0 Å². The molecule has 1 aliphatic rings. The Morgan fingerprint density at radius 3 is 2.40 bits per heavy atom. The van der Waals surface area contributed by atoms with Gasteiger partial charge in [-0.05, 0) is 48.9 Å². The van der Waals surface area contributed by atoms with Crippen molar-refractivity contribution in [2.45, 2.75) is 25.9 Å². The van der Waals surface area contributed by atoms with Crippen LogP contribution in [0.25, 0.3) is 11.3 Å². The molecule has 4 heteroatoms. The average Bonchev–Trinajstić information content (AvgIpc) is 3.13. The lowest BCUT2D eigenvalue weighted by molar-refractivity contribution is 0.142. The zero-order valence-corrected chi connectivity index (χ0v) is 14.5. The van der Waals surface area contributed by atoms with Gasteiger partial charge < -0.3 is 0 Å². The van der Waals surface area contributed by atoms with Gasteiger partial charge in [0.05, 0.1) is 12.4 Å². The van der Waals surface area contributed by atoms with Crippen LogP contribution in [0.4, 0.5) is 0 Å². The van der Waals surface area contributed by atoms with Gasteiger partial charge in [0, 0.05) is 37.2 Å². The molecule has 0 bridgehead atoms. The van der Waals surface area contributed by atoms with Crippen molar-refractivity contribution in [3.05, 3.63) is 72.7 Å². The molecule has 1 saturated heterocycles. The van der Waals surface area contributed by atoms with Gasteiger partial charge in [0.2, 0.25) is 0 Å². The van der Waals surface area contributed by atoms with Gasteiger partial charge in [-0.15, -0.1) is 0 Å². The first kappa shape index (κ1) is 16.0. The van der Waals surface area contributed by atoms with Crippen LogP contribution in [0.15, 0.2) is 67.1 Å². The van der Waals surface area contributed by atoms with E-state index in [1.54, 1.807) is 0 Å². The zero-order chi connectivity index (χ0) is 16.9. The molecule has 128 valence electrons. The minimum absolute atomic E-state index is 0.802. The van der Waals surface area contributed by atoms with Crippen molar-refractivity contribution in [3.63, 3.8) is 0 Å². The number of pyridine rings is 1. The van der Waals surface area contributed by atoms with Crippen molar-refractivity contribution in [1.82, 2.24) is 19.7 Å². The number of likely N-dealkylation sites (tertiary alicyclic amines) is 1. The van der Waals surface area contributed by atoms with E-state index in [1.807, 2.05) is 30.7 Å². The predicted octanol–water partition coefficient (Wildman–Crippen LogP) is 3.86. The van der Waals surface area contributed by atoms with Gasteiger partial charge in [0.1, 0.15) is 0 Å². The summed E-state index contributed by atoms with van der Waals surface area (Å²) in [5.41, 5.74) is 3.80. The van der Waals surface area contributed by atoms with E-state index in [4.69, 9.17) is 0 Å². The van der Waals surface area contributed by atoms with E-state index in [9.17, 15) is 0 Å². The van der Waals surface area contributed by atoms with Gasteiger partial charge in [0.25, 0.3) is 0 Å². The zero-order valence-electron chi connectivity index (χ0n) is 14.5. The number of rotatable bonds is 5. The van der Waals surface area contributed by atoms with Gasteiger partial charge in [-0.1, -0.05) is 30.3 Å². The molecule has 4 nitrogen and oxygen atoms in total. The molecule has 0 radical (unpaired) electrons. The molecule has 0 unspecified atom stereocenters. The third kappa shape index (κ3) is 3.97. The highest BCUT2D eigenvalue weighted by Crippen LogP contribution is 2.23. The second kappa shape index (κ2) is 7.62. The monoisotopic (exact) mass is 332 g/mol. The highest BCUT2D eigenvalue weighted by atomic mass is 15.4. The predicted molar refractivity (Wildman–Crippen MR) is 99.9 cm³/mol. The molecule has 1 fully saturated rings. The van der Waals surface area contributed by atoms with Gasteiger partial charge in [0.15, 0.2) is 0 Å². The van der Waals surface area contributed by atoms with Crippen LogP contribution in [0.1, 0.15) is 18.4 Å². The van der Waals surface area contributed by atoms with Crippen LogP contribution >= 0.6 is 0 Å². The molecule has 2 aromatic heterocycles. The van der Waals surface area contributed by atoms with Crippen molar-refractivity contribution in [1.29, 1.82) is 0 Å². The molecule has 3 heterocycles. The lowest BCUT2D eigenvalue weighted by Gasteiger charge is -2.32. The maximum atomic E-state index is 4.53. The molecular formula is C21H24N4. The molecule has 25 heavy (non-hydrogen) atoms. The Morgan fingerprint density at radius 1 is 0.880 bits per heavy atom. The first-order valence-electron chi connectivity index (χ1n) is 9.07. The number of piperidine rings is 1. The van der Waals surface area contributed by atoms with E-state index in [0.717, 1.165) is 31.4 Å². The fourth-order valence-corrected chi connectivity index (χ4v) is 3.68. The number of benzene rings is 1. The second-order valence-electron chi connectivity index (χ2n) is 6.84. The molecular weight excluding hydrogens is 308 g/mol. The smallest absolute Gasteiger partial charge is 0.0936 e. The van der Waals surface area contributed by atoms with Crippen molar-refractivity contribution >= 4 is 0 Å². The Hall–Kier alpha value is -2.46. The maximum absolute atomic E-state index is 4.53. The fourth-order valence-electron chi connectivity index (χ4n) is 3.68. The van der Waals surface area contributed by atoms with Crippen LogP contribution in [-0.4, -0.2) is 32.8 Å². The van der Waals surface area contributed by atoms with E-state index < -0.39 is 0 Å².